The minimum atomic E-state index is -0.629. The van der Waals surface area contributed by atoms with Gasteiger partial charge in [-0.2, -0.15) is 0 Å². The van der Waals surface area contributed by atoms with Crippen LogP contribution in [0, 0.1) is 5.82 Å². The number of carbonyl (C=O) groups excluding carboxylic acids is 1. The van der Waals surface area contributed by atoms with Crippen molar-refractivity contribution in [3.63, 3.8) is 0 Å². The minimum absolute atomic E-state index is 0.0479. The van der Waals surface area contributed by atoms with Crippen molar-refractivity contribution in [1.29, 1.82) is 0 Å². The molecule has 0 aliphatic carbocycles. The third kappa shape index (κ3) is 4.28. The summed E-state index contributed by atoms with van der Waals surface area (Å²) >= 11 is 6.28. The molecule has 0 saturated carbocycles. The van der Waals surface area contributed by atoms with Gasteiger partial charge in [0.25, 0.3) is 0 Å². The molecule has 0 aromatic heterocycles. The first-order valence-electron chi connectivity index (χ1n) is 8.30. The Balaban J connectivity index is 1.94. The highest BCUT2D eigenvalue weighted by Gasteiger charge is 2.24. The standard InChI is InChI=1S/C20H17ClFNO4/c1-3-7-26-18-15(21)8-12(10-17(18)25-2)9-16-20(24)27-19(23-16)13-5-4-6-14(22)11-13/h4-6,8-11H,3,7H2,1-2H3/b16-9-. The van der Waals surface area contributed by atoms with Crippen molar-refractivity contribution < 1.29 is 23.4 Å². The van der Waals surface area contributed by atoms with Gasteiger partial charge in [-0.1, -0.05) is 24.6 Å². The molecule has 7 heteroatoms. The summed E-state index contributed by atoms with van der Waals surface area (Å²) in [5, 5.41) is 0.357. The lowest BCUT2D eigenvalue weighted by Crippen LogP contribution is -2.05. The van der Waals surface area contributed by atoms with E-state index in [1.54, 1.807) is 18.2 Å². The van der Waals surface area contributed by atoms with Gasteiger partial charge in [0, 0.05) is 5.56 Å². The Labute approximate surface area is 161 Å². The number of cyclic esters (lactones) is 1. The normalized spacial score (nSPS) is 14.9. The van der Waals surface area contributed by atoms with Gasteiger partial charge in [0.1, 0.15) is 5.82 Å². The average Bonchev–Trinajstić information content (AvgIpc) is 3.01. The summed E-state index contributed by atoms with van der Waals surface area (Å²) in [4.78, 5) is 16.3. The van der Waals surface area contributed by atoms with Gasteiger partial charge >= 0.3 is 5.97 Å². The first-order valence-corrected chi connectivity index (χ1v) is 8.68. The van der Waals surface area contributed by atoms with E-state index in [2.05, 4.69) is 4.99 Å². The number of carbonyl (C=O) groups is 1. The van der Waals surface area contributed by atoms with Crippen LogP contribution in [0.4, 0.5) is 4.39 Å². The number of hydrogen-bond donors (Lipinski definition) is 0. The van der Waals surface area contributed by atoms with E-state index < -0.39 is 11.8 Å². The average molecular weight is 390 g/mol. The molecule has 1 aliphatic rings. The number of benzene rings is 2. The van der Waals surface area contributed by atoms with Gasteiger partial charge < -0.3 is 14.2 Å². The predicted molar refractivity (Wildman–Crippen MR) is 101 cm³/mol. The molecular formula is C20H17ClFNO4. The maximum absolute atomic E-state index is 13.4. The molecule has 0 atom stereocenters. The van der Waals surface area contributed by atoms with E-state index in [9.17, 15) is 9.18 Å². The summed E-state index contributed by atoms with van der Waals surface area (Å²) in [5.74, 6) is -0.130. The van der Waals surface area contributed by atoms with E-state index in [0.717, 1.165) is 6.42 Å². The zero-order chi connectivity index (χ0) is 19.4. The van der Waals surface area contributed by atoms with Gasteiger partial charge in [-0.3, -0.25) is 0 Å². The van der Waals surface area contributed by atoms with Crippen LogP contribution in [0.25, 0.3) is 6.08 Å². The zero-order valence-corrected chi connectivity index (χ0v) is 15.5. The van der Waals surface area contributed by atoms with E-state index >= 15 is 0 Å². The molecule has 5 nitrogen and oxygen atoms in total. The van der Waals surface area contributed by atoms with Crippen LogP contribution in [0.3, 0.4) is 0 Å². The van der Waals surface area contributed by atoms with E-state index in [4.69, 9.17) is 25.8 Å². The lowest BCUT2D eigenvalue weighted by Gasteiger charge is -2.12. The second-order valence-electron chi connectivity index (χ2n) is 5.73. The summed E-state index contributed by atoms with van der Waals surface area (Å²) < 4.78 is 29.4. The highest BCUT2D eigenvalue weighted by atomic mass is 35.5. The van der Waals surface area contributed by atoms with Gasteiger partial charge in [-0.25, -0.2) is 14.2 Å². The van der Waals surface area contributed by atoms with E-state index in [0.29, 0.717) is 34.3 Å². The topological polar surface area (TPSA) is 57.1 Å². The molecule has 3 rings (SSSR count). The third-order valence-electron chi connectivity index (χ3n) is 3.70. The SMILES string of the molecule is CCCOc1c(Cl)cc(/C=C2\N=C(c3cccc(F)c3)OC2=O)cc1OC. The molecule has 1 aliphatic heterocycles. The molecule has 1 heterocycles. The molecular weight excluding hydrogens is 373 g/mol. The van der Waals surface area contributed by atoms with Gasteiger partial charge in [-0.05, 0) is 48.4 Å². The molecule has 0 unspecified atom stereocenters. The fourth-order valence-corrected chi connectivity index (χ4v) is 2.75. The Hall–Kier alpha value is -2.86. The first-order chi connectivity index (χ1) is 13.0. The second kappa shape index (κ2) is 8.22. The molecule has 0 radical (unpaired) electrons. The van der Waals surface area contributed by atoms with Crippen molar-refractivity contribution in [2.24, 2.45) is 4.99 Å². The summed E-state index contributed by atoms with van der Waals surface area (Å²) in [6, 6.07) is 9.00. The van der Waals surface area contributed by atoms with E-state index in [1.807, 2.05) is 6.92 Å². The summed E-state index contributed by atoms with van der Waals surface area (Å²) in [7, 11) is 1.51. The molecule has 27 heavy (non-hydrogen) atoms. The van der Waals surface area contributed by atoms with Crippen molar-refractivity contribution in [3.8, 4) is 11.5 Å². The van der Waals surface area contributed by atoms with Crippen molar-refractivity contribution in [2.75, 3.05) is 13.7 Å². The fraction of sp³-hybridized carbons (Fsp3) is 0.200. The van der Waals surface area contributed by atoms with Crippen LogP contribution < -0.4 is 9.47 Å². The molecule has 140 valence electrons. The quantitative estimate of drug-likeness (QED) is 0.534. The number of halogens is 2. The second-order valence-corrected chi connectivity index (χ2v) is 6.14. The smallest absolute Gasteiger partial charge is 0.363 e. The van der Waals surface area contributed by atoms with Gasteiger partial charge in [0.05, 0.1) is 18.7 Å². The van der Waals surface area contributed by atoms with E-state index in [-0.39, 0.29) is 11.6 Å². The maximum Gasteiger partial charge on any atom is 0.363 e. The number of rotatable bonds is 6. The molecule has 0 bridgehead atoms. The number of esters is 1. The largest absolute Gasteiger partial charge is 0.493 e. The van der Waals surface area contributed by atoms with Crippen LogP contribution in [0.1, 0.15) is 24.5 Å². The lowest BCUT2D eigenvalue weighted by atomic mass is 10.1. The zero-order valence-electron chi connectivity index (χ0n) is 14.8. The van der Waals surface area contributed by atoms with Crippen LogP contribution in [0.2, 0.25) is 5.02 Å². The molecule has 2 aromatic rings. The fourth-order valence-electron chi connectivity index (χ4n) is 2.48. The highest BCUT2D eigenvalue weighted by molar-refractivity contribution is 6.32. The van der Waals surface area contributed by atoms with Crippen LogP contribution >= 0.6 is 11.6 Å². The highest BCUT2D eigenvalue weighted by Crippen LogP contribution is 2.37. The third-order valence-corrected chi connectivity index (χ3v) is 3.98. The Kier molecular flexibility index (Phi) is 5.76. The molecule has 0 fully saturated rings. The molecule has 0 N–H and O–H groups in total. The monoisotopic (exact) mass is 389 g/mol. The Morgan fingerprint density at radius 2 is 2.11 bits per heavy atom. The summed E-state index contributed by atoms with van der Waals surface area (Å²) in [6.07, 6.45) is 2.35. The molecule has 0 saturated heterocycles. The van der Waals surface area contributed by atoms with Crippen molar-refractivity contribution >= 4 is 29.5 Å². The lowest BCUT2D eigenvalue weighted by molar-refractivity contribution is -0.129. The molecule has 0 spiro atoms. The Morgan fingerprint density at radius 1 is 1.30 bits per heavy atom. The van der Waals surface area contributed by atoms with Crippen LogP contribution in [0.5, 0.6) is 11.5 Å². The maximum atomic E-state index is 13.4. The summed E-state index contributed by atoms with van der Waals surface area (Å²) in [5.41, 5.74) is 1.05. The van der Waals surface area contributed by atoms with Crippen LogP contribution in [0.15, 0.2) is 47.1 Å². The van der Waals surface area contributed by atoms with Gasteiger partial charge in [-0.15, -0.1) is 0 Å². The number of aliphatic imine (C=N–C) groups is 1. The van der Waals surface area contributed by atoms with Gasteiger partial charge in [0.15, 0.2) is 17.2 Å². The number of nitrogens with zero attached hydrogens (tertiary/aromatic N) is 1. The summed E-state index contributed by atoms with van der Waals surface area (Å²) in [6.45, 7) is 2.49. The number of hydrogen-bond acceptors (Lipinski definition) is 5. The first kappa shape index (κ1) is 18.9. The number of ether oxygens (including phenoxy) is 3. The molecule has 0 amide bonds. The van der Waals surface area contributed by atoms with Crippen molar-refractivity contribution in [3.05, 3.63) is 64.1 Å². The minimum Gasteiger partial charge on any atom is -0.493 e. The van der Waals surface area contributed by atoms with Crippen LogP contribution in [-0.4, -0.2) is 25.6 Å². The molecule has 2 aromatic carbocycles. The van der Waals surface area contributed by atoms with Crippen molar-refractivity contribution in [2.45, 2.75) is 13.3 Å². The van der Waals surface area contributed by atoms with Crippen molar-refractivity contribution in [1.82, 2.24) is 0 Å². The Morgan fingerprint density at radius 3 is 2.81 bits per heavy atom. The van der Waals surface area contributed by atoms with Gasteiger partial charge in [0.2, 0.25) is 5.90 Å². The Bertz CT molecular complexity index is 940. The van der Waals surface area contributed by atoms with Crippen LogP contribution in [-0.2, 0) is 9.53 Å². The van der Waals surface area contributed by atoms with E-state index in [1.165, 1.54) is 31.4 Å². The predicted octanol–water partition coefficient (Wildman–Crippen LogP) is 4.62. The number of methoxy groups -OCH3 is 1.